The molecule has 2 aromatic rings. The first-order chi connectivity index (χ1) is 13.2. The standard InChI is InChI=1S/C18H17F3N4O3/c19-18(20,21)13-3-1-2-4-14(13)25-17(28)24-9-11-5-7-12(8-6-11)16(27)23-10-15(22)26/h1-8H,9-10H2,(H2,22,26)(H,23,27)(H2,24,25,28). The number of primary amides is 1. The van der Waals surface area contributed by atoms with Crippen LogP contribution in [-0.4, -0.2) is 24.4 Å². The van der Waals surface area contributed by atoms with Crippen molar-refractivity contribution in [1.29, 1.82) is 0 Å². The Balaban J connectivity index is 1.92. The Labute approximate surface area is 158 Å². The molecule has 0 saturated heterocycles. The van der Waals surface area contributed by atoms with Crippen LogP contribution >= 0.6 is 0 Å². The fraction of sp³-hybridized carbons (Fsp3) is 0.167. The minimum Gasteiger partial charge on any atom is -0.368 e. The fourth-order valence-electron chi connectivity index (χ4n) is 2.23. The Morgan fingerprint density at radius 1 is 0.929 bits per heavy atom. The number of nitrogens with two attached hydrogens (primary N) is 1. The zero-order valence-electron chi connectivity index (χ0n) is 14.5. The van der Waals surface area contributed by atoms with E-state index in [-0.39, 0.29) is 24.3 Å². The van der Waals surface area contributed by atoms with E-state index in [1.807, 2.05) is 0 Å². The number of alkyl halides is 3. The molecule has 0 radical (unpaired) electrons. The number of hydrogen-bond donors (Lipinski definition) is 4. The van der Waals surface area contributed by atoms with Crippen molar-refractivity contribution in [3.8, 4) is 0 Å². The lowest BCUT2D eigenvalue weighted by atomic mass is 10.1. The van der Waals surface area contributed by atoms with E-state index < -0.39 is 29.6 Å². The summed E-state index contributed by atoms with van der Waals surface area (Å²) in [6, 6.07) is 9.90. The smallest absolute Gasteiger partial charge is 0.368 e. The molecule has 0 saturated carbocycles. The van der Waals surface area contributed by atoms with E-state index >= 15 is 0 Å². The molecule has 4 amide bonds. The zero-order chi connectivity index (χ0) is 20.7. The molecule has 0 aliphatic heterocycles. The van der Waals surface area contributed by atoms with Crippen molar-refractivity contribution in [3.63, 3.8) is 0 Å². The summed E-state index contributed by atoms with van der Waals surface area (Å²) in [6.45, 7) is -0.259. The number of para-hydroxylation sites is 1. The zero-order valence-corrected chi connectivity index (χ0v) is 14.5. The van der Waals surface area contributed by atoms with Crippen LogP contribution in [0.15, 0.2) is 48.5 Å². The molecule has 0 unspecified atom stereocenters. The summed E-state index contributed by atoms with van der Waals surface area (Å²) in [5, 5.41) is 6.93. The van der Waals surface area contributed by atoms with Gasteiger partial charge in [-0.1, -0.05) is 24.3 Å². The van der Waals surface area contributed by atoms with Crippen molar-refractivity contribution in [1.82, 2.24) is 10.6 Å². The summed E-state index contributed by atoms with van der Waals surface area (Å²) in [4.78, 5) is 34.3. The molecule has 0 aliphatic rings. The van der Waals surface area contributed by atoms with Crippen LogP contribution in [0.2, 0.25) is 0 Å². The number of carbonyl (C=O) groups excluding carboxylic acids is 3. The largest absolute Gasteiger partial charge is 0.418 e. The summed E-state index contributed by atoms with van der Waals surface area (Å²) < 4.78 is 38.8. The normalized spacial score (nSPS) is 10.8. The highest BCUT2D eigenvalue weighted by atomic mass is 19.4. The van der Waals surface area contributed by atoms with Crippen LogP contribution in [0.4, 0.5) is 23.7 Å². The molecule has 0 aliphatic carbocycles. The third kappa shape index (κ3) is 6.01. The monoisotopic (exact) mass is 394 g/mol. The maximum absolute atomic E-state index is 12.9. The minimum absolute atomic E-state index is 0.0310. The lowest BCUT2D eigenvalue weighted by molar-refractivity contribution is -0.136. The van der Waals surface area contributed by atoms with Crippen LogP contribution in [0.3, 0.4) is 0 Å². The maximum Gasteiger partial charge on any atom is 0.418 e. The third-order valence-electron chi connectivity index (χ3n) is 3.57. The first-order valence-corrected chi connectivity index (χ1v) is 8.03. The summed E-state index contributed by atoms with van der Waals surface area (Å²) in [7, 11) is 0. The molecule has 10 heteroatoms. The summed E-state index contributed by atoms with van der Waals surface area (Å²) in [6.07, 6.45) is -4.59. The Kier molecular flexibility index (Phi) is 6.59. The van der Waals surface area contributed by atoms with E-state index in [0.717, 1.165) is 12.1 Å². The highest BCUT2D eigenvalue weighted by molar-refractivity contribution is 5.96. The van der Waals surface area contributed by atoms with Gasteiger partial charge in [-0.15, -0.1) is 0 Å². The minimum atomic E-state index is -4.59. The molecule has 5 N–H and O–H groups in total. The molecule has 0 aromatic heterocycles. The number of urea groups is 1. The fourth-order valence-corrected chi connectivity index (χ4v) is 2.23. The number of carbonyl (C=O) groups is 3. The maximum atomic E-state index is 12.9. The number of nitrogens with one attached hydrogen (secondary N) is 3. The quantitative estimate of drug-likeness (QED) is 0.603. The molecule has 7 nitrogen and oxygen atoms in total. The van der Waals surface area contributed by atoms with Crippen LogP contribution in [0.1, 0.15) is 21.5 Å². The average molecular weight is 394 g/mol. The highest BCUT2D eigenvalue weighted by Crippen LogP contribution is 2.34. The molecular weight excluding hydrogens is 377 g/mol. The van der Waals surface area contributed by atoms with Gasteiger partial charge < -0.3 is 21.7 Å². The van der Waals surface area contributed by atoms with Crippen LogP contribution in [0.25, 0.3) is 0 Å². The molecule has 0 heterocycles. The van der Waals surface area contributed by atoms with E-state index in [1.54, 1.807) is 12.1 Å². The van der Waals surface area contributed by atoms with Gasteiger partial charge in [0.1, 0.15) is 0 Å². The van der Waals surface area contributed by atoms with Crippen molar-refractivity contribution in [2.45, 2.75) is 12.7 Å². The number of halogens is 3. The van der Waals surface area contributed by atoms with Gasteiger partial charge in [-0.05, 0) is 29.8 Å². The summed E-state index contributed by atoms with van der Waals surface area (Å²) in [5.41, 5.74) is 4.54. The van der Waals surface area contributed by atoms with Gasteiger partial charge in [0, 0.05) is 12.1 Å². The van der Waals surface area contributed by atoms with E-state index in [1.165, 1.54) is 24.3 Å². The summed E-state index contributed by atoms with van der Waals surface area (Å²) >= 11 is 0. The number of rotatable bonds is 6. The van der Waals surface area contributed by atoms with Crippen LogP contribution in [-0.2, 0) is 17.5 Å². The molecule has 2 aromatic carbocycles. The van der Waals surface area contributed by atoms with E-state index in [0.29, 0.717) is 5.56 Å². The molecule has 28 heavy (non-hydrogen) atoms. The second-order valence-corrected chi connectivity index (χ2v) is 5.70. The first kappa shape index (κ1) is 20.7. The number of hydrogen-bond acceptors (Lipinski definition) is 3. The van der Waals surface area contributed by atoms with Crippen LogP contribution in [0, 0.1) is 0 Å². The van der Waals surface area contributed by atoms with Crippen molar-refractivity contribution in [2.75, 3.05) is 11.9 Å². The van der Waals surface area contributed by atoms with Crippen molar-refractivity contribution >= 4 is 23.5 Å². The lowest BCUT2D eigenvalue weighted by Gasteiger charge is -2.14. The predicted octanol–water partition coefficient (Wildman–Crippen LogP) is 2.24. The first-order valence-electron chi connectivity index (χ1n) is 8.03. The lowest BCUT2D eigenvalue weighted by Crippen LogP contribution is -2.33. The second-order valence-electron chi connectivity index (χ2n) is 5.70. The van der Waals surface area contributed by atoms with Gasteiger partial charge >= 0.3 is 12.2 Å². The van der Waals surface area contributed by atoms with Crippen molar-refractivity contribution < 1.29 is 27.6 Å². The van der Waals surface area contributed by atoms with Crippen molar-refractivity contribution in [3.05, 3.63) is 65.2 Å². The molecule has 0 bridgehead atoms. The van der Waals surface area contributed by atoms with Crippen LogP contribution < -0.4 is 21.7 Å². The van der Waals surface area contributed by atoms with Gasteiger partial charge in [0.15, 0.2) is 0 Å². The molecular formula is C18H17F3N4O3. The Morgan fingerprint density at radius 2 is 1.57 bits per heavy atom. The van der Waals surface area contributed by atoms with E-state index in [4.69, 9.17) is 5.73 Å². The predicted molar refractivity (Wildman–Crippen MR) is 95.3 cm³/mol. The van der Waals surface area contributed by atoms with Gasteiger partial charge in [0.25, 0.3) is 5.91 Å². The van der Waals surface area contributed by atoms with Crippen LogP contribution in [0.5, 0.6) is 0 Å². The average Bonchev–Trinajstić information content (AvgIpc) is 2.64. The van der Waals surface area contributed by atoms with E-state index in [2.05, 4.69) is 16.0 Å². The number of amides is 4. The summed E-state index contributed by atoms with van der Waals surface area (Å²) in [5.74, 6) is -1.16. The Bertz CT molecular complexity index is 867. The molecule has 0 atom stereocenters. The SMILES string of the molecule is NC(=O)CNC(=O)c1ccc(CNC(=O)Nc2ccccc2C(F)(F)F)cc1. The Morgan fingerprint density at radius 3 is 2.18 bits per heavy atom. The topological polar surface area (TPSA) is 113 Å². The number of anilines is 1. The van der Waals surface area contributed by atoms with Gasteiger partial charge in [-0.2, -0.15) is 13.2 Å². The highest BCUT2D eigenvalue weighted by Gasteiger charge is 2.33. The molecule has 2 rings (SSSR count). The third-order valence-corrected chi connectivity index (χ3v) is 3.57. The molecule has 0 fully saturated rings. The van der Waals surface area contributed by atoms with Gasteiger partial charge in [0.05, 0.1) is 17.8 Å². The second kappa shape index (κ2) is 8.89. The van der Waals surface area contributed by atoms with Gasteiger partial charge in [0.2, 0.25) is 5.91 Å². The van der Waals surface area contributed by atoms with Gasteiger partial charge in [-0.25, -0.2) is 4.79 Å². The Hall–Kier alpha value is -3.56. The van der Waals surface area contributed by atoms with Gasteiger partial charge in [-0.3, -0.25) is 9.59 Å². The molecule has 148 valence electrons. The number of benzene rings is 2. The van der Waals surface area contributed by atoms with E-state index in [9.17, 15) is 27.6 Å². The molecule has 0 spiro atoms. The van der Waals surface area contributed by atoms with Crippen molar-refractivity contribution in [2.24, 2.45) is 5.73 Å².